The molecule has 0 radical (unpaired) electrons. The number of Topliss-reactive ketones (excluding diaryl/α,β-unsaturated/α-hetero) is 1. The van der Waals surface area contributed by atoms with Gasteiger partial charge in [-0.15, -0.1) is 0 Å². The summed E-state index contributed by atoms with van der Waals surface area (Å²) in [6, 6.07) is 0. The van der Waals surface area contributed by atoms with Gasteiger partial charge in [0.25, 0.3) is 0 Å². The number of ether oxygens (including phenoxy) is 10. The minimum absolute atomic E-state index is 0.00277. The molecular formula is C57H94O28S. The van der Waals surface area contributed by atoms with Gasteiger partial charge in [-0.3, -0.25) is 9.35 Å². The number of hydrogen-bond donors (Lipinski definition) is 14. The fourth-order valence-electron chi connectivity index (χ4n) is 15.7. The summed E-state index contributed by atoms with van der Waals surface area (Å²) in [4.78, 5) is 13.5. The van der Waals surface area contributed by atoms with E-state index in [0.29, 0.717) is 32.1 Å². The lowest BCUT2D eigenvalue weighted by molar-refractivity contribution is -0.398. The Morgan fingerprint density at radius 3 is 1.76 bits per heavy atom. The molecule has 0 aromatic heterocycles. The number of ketones is 1. The quantitative estimate of drug-likeness (QED) is 0.0501. The largest absolute Gasteiger partial charge is 0.397 e. The molecule has 0 aromatic carbocycles. The summed E-state index contributed by atoms with van der Waals surface area (Å²) in [5, 5.41) is 145. The Morgan fingerprint density at radius 2 is 1.19 bits per heavy atom. The molecule has 9 aliphatic rings. The number of hydrogen-bond acceptors (Lipinski definition) is 27. The average molecular weight is 1260 g/mol. The Bertz CT molecular complexity index is 2460. The smallest absolute Gasteiger partial charge is 0.394 e. The second-order valence-corrected chi connectivity index (χ2v) is 28.1. The lowest BCUT2D eigenvalue weighted by Gasteiger charge is -2.60. The van der Waals surface area contributed by atoms with E-state index < -0.39 is 206 Å². The third-order valence-corrected chi connectivity index (χ3v) is 21.7. The SMILES string of the molecule is CC(C)[C@@H](C)C(=O)CC(C)(O)[C@H]1CCC2C3CC(O[C@@H]4O[C@H](C)C(O)[C@H](OC5OCC(O[C@@H]6O[C@H](CO)[C@H](O)[C@@H](O)[C@H]6OC6O[C@H](C)C(O)[C@H](O)C6O)[C@H](O)C5O[C@@H]5O[C@H](C)[C@@H](O)C(O)[C@H]5O)[C@H]4O)C4CC(OS(=O)(=O)O)CCC4(C)C3=CCC21C. The van der Waals surface area contributed by atoms with Crippen LogP contribution in [0.15, 0.2) is 11.6 Å². The van der Waals surface area contributed by atoms with E-state index >= 15 is 0 Å². The lowest BCUT2D eigenvalue weighted by Crippen LogP contribution is -2.67. The van der Waals surface area contributed by atoms with Gasteiger partial charge < -0.3 is 114 Å². The number of allylic oxidation sites excluding steroid dienone is 2. The van der Waals surface area contributed by atoms with Gasteiger partial charge in [0.15, 0.2) is 31.5 Å². The van der Waals surface area contributed by atoms with Gasteiger partial charge in [0.1, 0.15) is 103 Å². The summed E-state index contributed by atoms with van der Waals surface area (Å²) in [5.41, 5.74) is -1.30. The molecule has 5 saturated heterocycles. The lowest BCUT2D eigenvalue weighted by atomic mass is 9.47. The van der Waals surface area contributed by atoms with Crippen molar-refractivity contribution in [2.75, 3.05) is 13.2 Å². The van der Waals surface area contributed by atoms with Gasteiger partial charge in [-0.05, 0) is 113 Å². The molecule has 29 heteroatoms. The molecule has 8 fully saturated rings. The van der Waals surface area contributed by atoms with Crippen molar-refractivity contribution in [3.8, 4) is 0 Å². The van der Waals surface area contributed by atoms with Crippen molar-refractivity contribution < 1.29 is 136 Å². The topological polar surface area (TPSA) is 436 Å². The molecule has 496 valence electrons. The van der Waals surface area contributed by atoms with Crippen LogP contribution >= 0.6 is 0 Å². The third kappa shape index (κ3) is 13.3. The van der Waals surface area contributed by atoms with Crippen LogP contribution in [0, 0.1) is 46.3 Å². The van der Waals surface area contributed by atoms with Crippen LogP contribution in [0.25, 0.3) is 0 Å². The Morgan fingerprint density at radius 1 is 0.640 bits per heavy atom. The van der Waals surface area contributed by atoms with E-state index in [9.17, 15) is 84.1 Å². The fourth-order valence-corrected chi connectivity index (χ4v) is 16.2. The van der Waals surface area contributed by atoms with Gasteiger partial charge in [-0.25, -0.2) is 4.18 Å². The van der Waals surface area contributed by atoms with Crippen LogP contribution < -0.4 is 0 Å². The molecule has 28 nitrogen and oxygen atoms in total. The predicted octanol–water partition coefficient (Wildman–Crippen LogP) is -2.43. The molecule has 5 aliphatic heterocycles. The summed E-state index contributed by atoms with van der Waals surface area (Å²) < 4.78 is 100. The molecule has 0 aromatic rings. The Balaban J connectivity index is 0.983. The number of aliphatic hydroxyl groups excluding tert-OH is 12. The van der Waals surface area contributed by atoms with E-state index in [0.717, 1.165) is 5.57 Å². The van der Waals surface area contributed by atoms with E-state index in [1.165, 1.54) is 20.8 Å². The van der Waals surface area contributed by atoms with Crippen LogP contribution in [0.3, 0.4) is 0 Å². The number of carbonyl (C=O) groups excluding carboxylic acids is 1. The zero-order valence-corrected chi connectivity index (χ0v) is 50.8. The van der Waals surface area contributed by atoms with E-state index in [1.54, 1.807) is 6.92 Å². The van der Waals surface area contributed by atoms with Crippen molar-refractivity contribution in [2.45, 2.75) is 279 Å². The zero-order valence-electron chi connectivity index (χ0n) is 50.0. The van der Waals surface area contributed by atoms with Gasteiger partial charge in [-0.1, -0.05) is 46.3 Å². The summed E-state index contributed by atoms with van der Waals surface area (Å²) in [6.45, 7) is 14.5. The van der Waals surface area contributed by atoms with E-state index in [1.807, 2.05) is 20.8 Å². The summed E-state index contributed by atoms with van der Waals surface area (Å²) >= 11 is 0. The Hall–Kier alpha value is -1.64. The first-order chi connectivity index (χ1) is 40.1. The normalized spacial score (nSPS) is 51.2. The molecule has 86 heavy (non-hydrogen) atoms. The van der Waals surface area contributed by atoms with Crippen molar-refractivity contribution in [3.05, 3.63) is 11.6 Å². The van der Waals surface area contributed by atoms with Gasteiger partial charge >= 0.3 is 10.4 Å². The second-order valence-electron chi connectivity index (χ2n) is 27.0. The highest BCUT2D eigenvalue weighted by atomic mass is 32.3. The summed E-state index contributed by atoms with van der Waals surface area (Å²) in [5.74, 6) is -1.10. The highest BCUT2D eigenvalue weighted by Gasteiger charge is 2.64. The van der Waals surface area contributed by atoms with E-state index in [-0.39, 0.29) is 54.6 Å². The minimum Gasteiger partial charge on any atom is -0.394 e. The molecule has 34 atom stereocenters. The fraction of sp³-hybridized carbons (Fsp3) is 0.947. The van der Waals surface area contributed by atoms with Crippen LogP contribution in [0.2, 0.25) is 0 Å². The van der Waals surface area contributed by atoms with Crippen LogP contribution in [-0.4, -0.2) is 264 Å². The van der Waals surface area contributed by atoms with Crippen LogP contribution in [0.5, 0.6) is 0 Å². The highest BCUT2D eigenvalue weighted by molar-refractivity contribution is 7.80. The van der Waals surface area contributed by atoms with Crippen molar-refractivity contribution in [1.29, 1.82) is 0 Å². The van der Waals surface area contributed by atoms with Gasteiger partial charge in [-0.2, -0.15) is 8.42 Å². The average Bonchev–Trinajstić information content (AvgIpc) is 1.31. The monoisotopic (exact) mass is 1260 g/mol. The maximum Gasteiger partial charge on any atom is 0.397 e. The molecule has 5 heterocycles. The molecule has 4 aliphatic carbocycles. The minimum atomic E-state index is -4.89. The first-order valence-corrected chi connectivity index (χ1v) is 31.7. The van der Waals surface area contributed by atoms with Crippen LogP contribution in [0.4, 0.5) is 0 Å². The third-order valence-electron chi connectivity index (χ3n) is 21.1. The number of fused-ring (bicyclic) bond motifs is 5. The van der Waals surface area contributed by atoms with Crippen LogP contribution in [0.1, 0.15) is 114 Å². The molecule has 16 unspecified atom stereocenters. The zero-order chi connectivity index (χ0) is 63.2. The first kappa shape index (κ1) is 68.7. The van der Waals surface area contributed by atoms with E-state index in [2.05, 4.69) is 19.9 Å². The number of aliphatic hydroxyl groups is 13. The molecule has 14 N–H and O–H groups in total. The maximum absolute atomic E-state index is 13.5. The van der Waals surface area contributed by atoms with Crippen molar-refractivity contribution in [1.82, 2.24) is 0 Å². The van der Waals surface area contributed by atoms with Crippen LogP contribution in [-0.2, 0) is 66.7 Å². The van der Waals surface area contributed by atoms with Gasteiger partial charge in [0.05, 0.1) is 49.3 Å². The molecule has 9 rings (SSSR count). The summed E-state index contributed by atoms with van der Waals surface area (Å²) in [7, 11) is -4.89. The van der Waals surface area contributed by atoms with Gasteiger partial charge in [0.2, 0.25) is 0 Å². The van der Waals surface area contributed by atoms with E-state index in [4.69, 9.17) is 51.6 Å². The first-order valence-electron chi connectivity index (χ1n) is 30.3. The number of rotatable bonds is 18. The Kier molecular flexibility index (Phi) is 21.1. The number of carbonyl (C=O) groups is 1. The maximum atomic E-state index is 13.5. The predicted molar refractivity (Wildman–Crippen MR) is 290 cm³/mol. The molecular weight excluding hydrogens is 1160 g/mol. The molecule has 0 bridgehead atoms. The van der Waals surface area contributed by atoms with Crippen molar-refractivity contribution in [3.63, 3.8) is 0 Å². The second kappa shape index (κ2) is 26.4. The summed E-state index contributed by atoms with van der Waals surface area (Å²) in [6.07, 6.45) is -37.5. The molecule has 3 saturated carbocycles. The van der Waals surface area contributed by atoms with Gasteiger partial charge in [0, 0.05) is 12.3 Å². The standard InChI is InChI=1S/C57H94O28S/c1-21(2)22(3)31(59)18-57(9,71)35-11-10-28-27-17-32(30-16-26(85-86(72,73)74)12-14-55(30,7)29(27)13-15-56(28,35)8)79-52-46(70)47(38(62)25(6)78-52)82-53-48(83-50-44(68)41(65)36(60)23(4)76-50)40(64)34(20-75-53)81-54-49(43(67)39(63)33(19-58)80-54)84-51-45(69)42(66)37(61)24(5)77-51/h13,21-28,30,32-54,58,60-71H,10-12,14-20H2,1-9H3,(H,72,73,74)/t22-,23-,24-,25-,26?,27?,28?,30?,32?,33-,34?,35+,36-,37?,38?,39+,40+,41?,42+,43-,44-,45?,46-,47+,48?,49-,50+,51?,52+,53?,54+,55?,56?,57?/m1/s1. The molecule has 0 amide bonds. The van der Waals surface area contributed by atoms with Crippen molar-refractivity contribution >= 4 is 16.2 Å². The van der Waals surface area contributed by atoms with Crippen molar-refractivity contribution in [2.24, 2.45) is 46.3 Å². The molecule has 0 spiro atoms. The Labute approximate surface area is 500 Å². The highest BCUT2D eigenvalue weighted by Crippen LogP contribution is 2.67.